The van der Waals surface area contributed by atoms with Crippen molar-refractivity contribution < 1.29 is 9.59 Å². The summed E-state index contributed by atoms with van der Waals surface area (Å²) in [6.45, 7) is 4.35. The van der Waals surface area contributed by atoms with Gasteiger partial charge >= 0.3 is 0 Å². The largest absolute Gasteiger partial charge is 0.304 e. The number of hydrogen-bond acceptors (Lipinski definition) is 4. The maximum atomic E-state index is 13.7. The van der Waals surface area contributed by atoms with Crippen LogP contribution in [0.15, 0.2) is 72.8 Å². The summed E-state index contributed by atoms with van der Waals surface area (Å²) >= 11 is 0. The Kier molecular flexibility index (Phi) is 5.93. The summed E-state index contributed by atoms with van der Waals surface area (Å²) in [6.07, 6.45) is 0. The van der Waals surface area contributed by atoms with E-state index in [0.29, 0.717) is 40.2 Å². The molecule has 1 aliphatic heterocycles. The van der Waals surface area contributed by atoms with Crippen LogP contribution in [-0.4, -0.2) is 24.4 Å². The van der Waals surface area contributed by atoms with Gasteiger partial charge in [-0.3, -0.25) is 9.59 Å². The van der Waals surface area contributed by atoms with E-state index in [2.05, 4.69) is 12.1 Å². The number of nitrogens with zero attached hydrogens (tertiary/aromatic N) is 4. The molecule has 4 rings (SSSR count). The molecule has 6 nitrogen and oxygen atoms in total. The van der Waals surface area contributed by atoms with E-state index < -0.39 is 0 Å². The van der Waals surface area contributed by atoms with Crippen molar-refractivity contribution in [2.45, 2.75) is 19.9 Å². The first-order valence-corrected chi connectivity index (χ1v) is 10.7. The van der Waals surface area contributed by atoms with Crippen molar-refractivity contribution in [1.29, 1.82) is 10.5 Å². The van der Waals surface area contributed by atoms with E-state index >= 15 is 0 Å². The first kappa shape index (κ1) is 21.8. The van der Waals surface area contributed by atoms with Crippen molar-refractivity contribution in [3.63, 3.8) is 0 Å². The Morgan fingerprint density at radius 2 is 1.36 bits per heavy atom. The smallest absolute Gasteiger partial charge is 0.258 e. The van der Waals surface area contributed by atoms with Crippen LogP contribution in [-0.2, 0) is 0 Å². The first-order chi connectivity index (χ1) is 15.9. The molecule has 1 aliphatic rings. The molecule has 2 amide bonds. The lowest BCUT2D eigenvalue weighted by Gasteiger charge is -2.44. The van der Waals surface area contributed by atoms with Crippen LogP contribution in [0.25, 0.3) is 0 Å². The van der Waals surface area contributed by atoms with Crippen molar-refractivity contribution in [3.8, 4) is 12.1 Å². The zero-order valence-corrected chi connectivity index (χ0v) is 18.4. The number of nitriles is 2. The summed E-state index contributed by atoms with van der Waals surface area (Å²) in [4.78, 5) is 30.6. The van der Waals surface area contributed by atoms with Crippen LogP contribution in [0, 0.1) is 28.6 Å². The van der Waals surface area contributed by atoms with Gasteiger partial charge in [0.1, 0.15) is 0 Å². The molecule has 0 spiro atoms. The fourth-order valence-corrected chi connectivity index (χ4v) is 4.14. The zero-order valence-electron chi connectivity index (χ0n) is 18.4. The van der Waals surface area contributed by atoms with Gasteiger partial charge in [-0.15, -0.1) is 0 Å². The van der Waals surface area contributed by atoms with Gasteiger partial charge in [-0.2, -0.15) is 10.5 Å². The van der Waals surface area contributed by atoms with Crippen molar-refractivity contribution in [1.82, 2.24) is 0 Å². The van der Waals surface area contributed by atoms with E-state index in [-0.39, 0.29) is 23.8 Å². The molecule has 0 saturated heterocycles. The molecule has 1 unspecified atom stereocenters. The molecule has 0 N–H and O–H groups in total. The van der Waals surface area contributed by atoms with Crippen LogP contribution in [0.2, 0.25) is 0 Å². The minimum absolute atomic E-state index is 0.0576. The molecule has 162 valence electrons. The number of benzene rings is 3. The Hall–Kier alpha value is -4.42. The van der Waals surface area contributed by atoms with Crippen molar-refractivity contribution in [2.24, 2.45) is 5.92 Å². The zero-order chi connectivity index (χ0) is 23.5. The average Bonchev–Trinajstić information content (AvgIpc) is 2.86. The van der Waals surface area contributed by atoms with Crippen molar-refractivity contribution in [3.05, 3.63) is 95.1 Å². The van der Waals surface area contributed by atoms with E-state index in [0.717, 1.165) is 0 Å². The molecule has 0 fully saturated rings. The van der Waals surface area contributed by atoms with Gasteiger partial charge in [0.25, 0.3) is 11.8 Å². The SMILES string of the molecule is CC(C)C1CN(C(=O)c2cccc(C#N)c2)c2ccccc2N1C(=O)c1cccc(C#N)c1. The van der Waals surface area contributed by atoms with E-state index in [9.17, 15) is 20.1 Å². The van der Waals surface area contributed by atoms with Gasteiger partial charge in [-0.25, -0.2) is 0 Å². The number of carbonyl (C=O) groups is 2. The second-order valence-corrected chi connectivity index (χ2v) is 8.28. The summed E-state index contributed by atoms with van der Waals surface area (Å²) in [6, 6.07) is 24.5. The van der Waals surface area contributed by atoms with Crippen LogP contribution < -0.4 is 9.80 Å². The fraction of sp³-hybridized carbons (Fsp3) is 0.185. The maximum absolute atomic E-state index is 13.7. The predicted octanol–water partition coefficient (Wildman–Crippen LogP) is 4.76. The van der Waals surface area contributed by atoms with Gasteiger partial charge < -0.3 is 9.80 Å². The lowest BCUT2D eigenvalue weighted by atomic mass is 9.95. The minimum Gasteiger partial charge on any atom is -0.304 e. The number of amides is 2. The molecule has 0 aliphatic carbocycles. The summed E-state index contributed by atoms with van der Waals surface area (Å²) in [5.74, 6) is -0.372. The van der Waals surface area contributed by atoms with Gasteiger partial charge in [0.05, 0.1) is 40.7 Å². The number of rotatable bonds is 3. The van der Waals surface area contributed by atoms with E-state index in [1.54, 1.807) is 58.3 Å². The van der Waals surface area contributed by atoms with Crippen LogP contribution in [0.4, 0.5) is 11.4 Å². The molecule has 0 bridgehead atoms. The van der Waals surface area contributed by atoms with Crippen LogP contribution in [0.3, 0.4) is 0 Å². The molecule has 6 heteroatoms. The molecule has 3 aromatic rings. The maximum Gasteiger partial charge on any atom is 0.258 e. The highest BCUT2D eigenvalue weighted by molar-refractivity contribution is 6.14. The molecule has 0 saturated carbocycles. The predicted molar refractivity (Wildman–Crippen MR) is 126 cm³/mol. The molecule has 0 aromatic heterocycles. The lowest BCUT2D eigenvalue weighted by Crippen LogP contribution is -2.55. The molecule has 0 radical (unpaired) electrons. The number of fused-ring (bicyclic) bond motifs is 1. The summed E-state index contributed by atoms with van der Waals surface area (Å²) in [5.41, 5.74) is 2.96. The summed E-state index contributed by atoms with van der Waals surface area (Å²) in [7, 11) is 0. The molecule has 3 aromatic carbocycles. The van der Waals surface area contributed by atoms with E-state index in [4.69, 9.17) is 0 Å². The third-order valence-corrected chi connectivity index (χ3v) is 5.84. The van der Waals surface area contributed by atoms with Crippen LogP contribution >= 0.6 is 0 Å². The topological polar surface area (TPSA) is 88.2 Å². The standard InChI is InChI=1S/C27H22N4O2/c1-18(2)25-17-30(26(32)21-9-5-7-19(13-21)15-28)23-11-3-4-12-24(23)31(25)27(33)22-10-6-8-20(14-22)16-29/h3-14,18,25H,17H2,1-2H3. The fourth-order valence-electron chi connectivity index (χ4n) is 4.14. The van der Waals surface area contributed by atoms with Gasteiger partial charge in [-0.1, -0.05) is 38.1 Å². The molecule has 1 atom stereocenters. The Labute approximate surface area is 192 Å². The van der Waals surface area contributed by atoms with E-state index in [1.165, 1.54) is 0 Å². The molecule has 1 heterocycles. The summed E-state index contributed by atoms with van der Waals surface area (Å²) < 4.78 is 0. The van der Waals surface area contributed by atoms with Crippen LogP contribution in [0.5, 0.6) is 0 Å². The first-order valence-electron chi connectivity index (χ1n) is 10.7. The lowest BCUT2D eigenvalue weighted by molar-refractivity contribution is 0.0943. The molecular weight excluding hydrogens is 412 g/mol. The Morgan fingerprint density at radius 3 is 1.91 bits per heavy atom. The molecular formula is C27H22N4O2. The van der Waals surface area contributed by atoms with Crippen molar-refractivity contribution in [2.75, 3.05) is 16.3 Å². The highest BCUT2D eigenvalue weighted by Crippen LogP contribution is 2.39. The number of anilines is 2. The van der Waals surface area contributed by atoms with E-state index in [1.807, 2.05) is 38.1 Å². The average molecular weight is 434 g/mol. The Morgan fingerprint density at radius 1 is 0.818 bits per heavy atom. The normalized spacial score (nSPS) is 14.9. The van der Waals surface area contributed by atoms with Gasteiger partial charge in [0, 0.05) is 17.7 Å². The van der Waals surface area contributed by atoms with Crippen molar-refractivity contribution >= 4 is 23.2 Å². The third-order valence-electron chi connectivity index (χ3n) is 5.84. The van der Waals surface area contributed by atoms with Crippen LogP contribution in [0.1, 0.15) is 45.7 Å². The third kappa shape index (κ3) is 4.07. The second kappa shape index (κ2) is 8.98. The Balaban J connectivity index is 1.80. The van der Waals surface area contributed by atoms with Gasteiger partial charge in [0.15, 0.2) is 0 Å². The Bertz CT molecular complexity index is 1320. The van der Waals surface area contributed by atoms with Gasteiger partial charge in [-0.05, 0) is 54.4 Å². The highest BCUT2D eigenvalue weighted by Gasteiger charge is 2.39. The highest BCUT2D eigenvalue weighted by atomic mass is 16.2. The monoisotopic (exact) mass is 434 g/mol. The number of hydrogen-bond donors (Lipinski definition) is 0. The quantitative estimate of drug-likeness (QED) is 0.594. The minimum atomic E-state index is -0.277. The second-order valence-electron chi connectivity index (χ2n) is 8.28. The molecule has 33 heavy (non-hydrogen) atoms. The number of para-hydroxylation sites is 2. The number of carbonyl (C=O) groups excluding carboxylic acids is 2. The van der Waals surface area contributed by atoms with Gasteiger partial charge in [0.2, 0.25) is 0 Å². The summed E-state index contributed by atoms with van der Waals surface area (Å²) in [5, 5.41) is 18.5.